The Hall–Kier alpha value is -1.81. The van der Waals surface area contributed by atoms with Crippen LogP contribution in [0.3, 0.4) is 0 Å². The van der Waals surface area contributed by atoms with Crippen LogP contribution in [0.4, 0.5) is 0 Å². The van der Waals surface area contributed by atoms with Crippen molar-refractivity contribution in [1.29, 1.82) is 0 Å². The molecule has 0 spiro atoms. The van der Waals surface area contributed by atoms with Gasteiger partial charge in [0.15, 0.2) is 5.78 Å². The SMILES string of the molecule is COc1ccc2c(c1)c(C(=O)CNC1CC1)c(C)n2C. The lowest BCUT2D eigenvalue weighted by Crippen LogP contribution is -2.25. The van der Waals surface area contributed by atoms with Crippen molar-refractivity contribution < 1.29 is 9.53 Å². The number of fused-ring (bicyclic) bond motifs is 1. The standard InChI is InChI=1S/C16H20N2O2/c1-10-16(15(19)9-17-11-4-5-11)13-8-12(20-3)6-7-14(13)18(10)2/h6-8,11,17H,4-5,9H2,1-3H3. The average Bonchev–Trinajstić information content (AvgIpc) is 3.24. The Kier molecular flexibility index (Phi) is 3.26. The zero-order chi connectivity index (χ0) is 14.3. The fourth-order valence-electron chi connectivity index (χ4n) is 2.64. The van der Waals surface area contributed by atoms with E-state index in [1.807, 2.05) is 32.2 Å². The van der Waals surface area contributed by atoms with Crippen molar-refractivity contribution in [3.05, 3.63) is 29.5 Å². The Morgan fingerprint density at radius 1 is 1.45 bits per heavy atom. The number of ketones is 1. The lowest BCUT2D eigenvalue weighted by molar-refractivity contribution is 0.0991. The highest BCUT2D eigenvalue weighted by atomic mass is 16.5. The highest BCUT2D eigenvalue weighted by Crippen LogP contribution is 2.29. The number of aryl methyl sites for hydroxylation is 1. The summed E-state index contributed by atoms with van der Waals surface area (Å²) in [5.41, 5.74) is 2.89. The number of carbonyl (C=O) groups is 1. The molecule has 1 N–H and O–H groups in total. The van der Waals surface area contributed by atoms with E-state index in [2.05, 4.69) is 9.88 Å². The van der Waals surface area contributed by atoms with Crippen molar-refractivity contribution in [2.75, 3.05) is 13.7 Å². The highest BCUT2D eigenvalue weighted by Gasteiger charge is 2.24. The second-order valence-electron chi connectivity index (χ2n) is 5.48. The van der Waals surface area contributed by atoms with E-state index in [0.717, 1.165) is 27.9 Å². The first kappa shape index (κ1) is 13.2. The van der Waals surface area contributed by atoms with Gasteiger partial charge in [0.2, 0.25) is 0 Å². The van der Waals surface area contributed by atoms with E-state index in [4.69, 9.17) is 4.74 Å². The number of methoxy groups -OCH3 is 1. The van der Waals surface area contributed by atoms with Gasteiger partial charge in [-0.25, -0.2) is 0 Å². The minimum atomic E-state index is 0.160. The summed E-state index contributed by atoms with van der Waals surface area (Å²) in [5.74, 6) is 0.945. The van der Waals surface area contributed by atoms with Gasteiger partial charge in [-0.2, -0.15) is 0 Å². The molecule has 0 amide bonds. The maximum atomic E-state index is 12.5. The first-order valence-electron chi connectivity index (χ1n) is 7.01. The Morgan fingerprint density at radius 2 is 2.20 bits per heavy atom. The number of nitrogens with one attached hydrogen (secondary N) is 1. The van der Waals surface area contributed by atoms with Crippen molar-refractivity contribution in [3.8, 4) is 5.75 Å². The number of hydrogen-bond donors (Lipinski definition) is 1. The number of nitrogens with zero attached hydrogens (tertiary/aromatic N) is 1. The Morgan fingerprint density at radius 3 is 2.85 bits per heavy atom. The van der Waals surface area contributed by atoms with Crippen LogP contribution in [0.25, 0.3) is 10.9 Å². The van der Waals surface area contributed by atoms with Crippen LogP contribution in [0.5, 0.6) is 5.75 Å². The molecule has 0 aliphatic heterocycles. The van der Waals surface area contributed by atoms with Gasteiger partial charge in [0.05, 0.1) is 13.7 Å². The van der Waals surface area contributed by atoms with Gasteiger partial charge in [-0.1, -0.05) is 0 Å². The fraction of sp³-hybridized carbons (Fsp3) is 0.438. The lowest BCUT2D eigenvalue weighted by atomic mass is 10.1. The summed E-state index contributed by atoms with van der Waals surface area (Å²) in [4.78, 5) is 12.5. The van der Waals surface area contributed by atoms with Crippen LogP contribution in [0.15, 0.2) is 18.2 Å². The molecule has 1 fully saturated rings. The molecule has 0 saturated heterocycles. The van der Waals surface area contributed by atoms with Crippen molar-refractivity contribution >= 4 is 16.7 Å². The van der Waals surface area contributed by atoms with Gasteiger partial charge in [-0.3, -0.25) is 4.79 Å². The molecule has 0 unspecified atom stereocenters. The van der Waals surface area contributed by atoms with Gasteiger partial charge in [-0.15, -0.1) is 0 Å². The van der Waals surface area contributed by atoms with Crippen LogP contribution in [0.2, 0.25) is 0 Å². The number of carbonyl (C=O) groups excluding carboxylic acids is 1. The predicted molar refractivity (Wildman–Crippen MR) is 79.6 cm³/mol. The van der Waals surface area contributed by atoms with Crippen molar-refractivity contribution in [2.45, 2.75) is 25.8 Å². The van der Waals surface area contributed by atoms with E-state index < -0.39 is 0 Å². The number of benzene rings is 1. The van der Waals surface area contributed by atoms with Crippen LogP contribution in [0, 0.1) is 6.92 Å². The molecule has 20 heavy (non-hydrogen) atoms. The molecule has 1 aromatic heterocycles. The molecule has 1 heterocycles. The first-order chi connectivity index (χ1) is 9.61. The summed E-state index contributed by atoms with van der Waals surface area (Å²) in [6, 6.07) is 6.43. The summed E-state index contributed by atoms with van der Waals surface area (Å²) in [7, 11) is 3.64. The van der Waals surface area contributed by atoms with E-state index in [0.29, 0.717) is 12.6 Å². The third-order valence-corrected chi connectivity index (χ3v) is 4.11. The van der Waals surface area contributed by atoms with Gasteiger partial charge in [0.25, 0.3) is 0 Å². The number of rotatable bonds is 5. The number of Topliss-reactive ketones (excluding diaryl/α,β-unsaturated/α-hetero) is 1. The summed E-state index contributed by atoms with van der Waals surface area (Å²) < 4.78 is 7.35. The Balaban J connectivity index is 2.02. The summed E-state index contributed by atoms with van der Waals surface area (Å²) in [6.45, 7) is 2.42. The molecule has 1 aliphatic rings. The van der Waals surface area contributed by atoms with E-state index in [9.17, 15) is 4.79 Å². The molecule has 0 atom stereocenters. The molecule has 0 radical (unpaired) electrons. The topological polar surface area (TPSA) is 43.3 Å². The van der Waals surface area contributed by atoms with Crippen molar-refractivity contribution in [1.82, 2.24) is 9.88 Å². The van der Waals surface area contributed by atoms with E-state index >= 15 is 0 Å². The molecule has 1 aliphatic carbocycles. The minimum Gasteiger partial charge on any atom is -0.497 e. The molecule has 0 bridgehead atoms. The quantitative estimate of drug-likeness (QED) is 0.850. The summed E-state index contributed by atoms with van der Waals surface area (Å²) >= 11 is 0. The Bertz CT molecular complexity index is 669. The summed E-state index contributed by atoms with van der Waals surface area (Å²) in [6.07, 6.45) is 2.38. The monoisotopic (exact) mass is 272 g/mol. The van der Waals surface area contributed by atoms with Crippen LogP contribution in [0.1, 0.15) is 28.9 Å². The maximum absolute atomic E-state index is 12.5. The first-order valence-corrected chi connectivity index (χ1v) is 7.01. The number of ether oxygens (including phenoxy) is 1. The smallest absolute Gasteiger partial charge is 0.179 e. The molecule has 4 heteroatoms. The largest absolute Gasteiger partial charge is 0.497 e. The van der Waals surface area contributed by atoms with Crippen molar-refractivity contribution in [2.24, 2.45) is 7.05 Å². The fourth-order valence-corrected chi connectivity index (χ4v) is 2.64. The second kappa shape index (κ2) is 4.94. The van der Waals surface area contributed by atoms with Crippen LogP contribution >= 0.6 is 0 Å². The van der Waals surface area contributed by atoms with E-state index in [1.165, 1.54) is 12.8 Å². The normalized spacial score (nSPS) is 14.8. The highest BCUT2D eigenvalue weighted by molar-refractivity contribution is 6.10. The molecule has 2 aromatic rings. The van der Waals surface area contributed by atoms with Gasteiger partial charge in [-0.05, 0) is 38.0 Å². The molecule has 106 valence electrons. The van der Waals surface area contributed by atoms with Gasteiger partial charge in [0, 0.05) is 35.2 Å². The predicted octanol–water partition coefficient (Wildman–Crippen LogP) is 2.43. The number of aromatic nitrogens is 1. The Labute approximate surface area is 118 Å². The van der Waals surface area contributed by atoms with Crippen LogP contribution < -0.4 is 10.1 Å². The van der Waals surface area contributed by atoms with Crippen molar-refractivity contribution in [3.63, 3.8) is 0 Å². The zero-order valence-corrected chi connectivity index (χ0v) is 12.2. The number of hydrogen-bond acceptors (Lipinski definition) is 3. The molecule has 1 saturated carbocycles. The average molecular weight is 272 g/mol. The molecular weight excluding hydrogens is 252 g/mol. The van der Waals surface area contributed by atoms with Gasteiger partial charge in [0.1, 0.15) is 5.75 Å². The third kappa shape index (κ3) is 2.20. The molecule has 1 aromatic carbocycles. The van der Waals surface area contributed by atoms with Crippen LogP contribution in [-0.4, -0.2) is 30.0 Å². The molecule has 4 nitrogen and oxygen atoms in total. The summed E-state index contributed by atoms with van der Waals surface area (Å²) in [5, 5.41) is 4.27. The third-order valence-electron chi connectivity index (χ3n) is 4.11. The zero-order valence-electron chi connectivity index (χ0n) is 12.2. The minimum absolute atomic E-state index is 0.160. The lowest BCUT2D eigenvalue weighted by Gasteiger charge is -2.04. The van der Waals surface area contributed by atoms with E-state index in [-0.39, 0.29) is 5.78 Å². The van der Waals surface area contributed by atoms with Crippen LogP contribution in [-0.2, 0) is 7.05 Å². The second-order valence-corrected chi connectivity index (χ2v) is 5.48. The molecule has 3 rings (SSSR count). The molecular formula is C16H20N2O2. The van der Waals surface area contributed by atoms with Gasteiger partial charge < -0.3 is 14.6 Å². The maximum Gasteiger partial charge on any atom is 0.179 e. The van der Waals surface area contributed by atoms with E-state index in [1.54, 1.807) is 7.11 Å². The van der Waals surface area contributed by atoms with Gasteiger partial charge >= 0.3 is 0 Å².